The van der Waals surface area contributed by atoms with Crippen molar-refractivity contribution in [1.29, 1.82) is 0 Å². The van der Waals surface area contributed by atoms with Crippen molar-refractivity contribution >= 4 is 11.6 Å². The predicted octanol–water partition coefficient (Wildman–Crippen LogP) is 1.08. The lowest BCUT2D eigenvalue weighted by Gasteiger charge is -2.26. The minimum atomic E-state index is -0.561. The molecule has 1 saturated heterocycles. The highest BCUT2D eigenvalue weighted by Crippen LogP contribution is 2.12. The number of hydrogen-bond donors (Lipinski definition) is 0. The Morgan fingerprint density at radius 3 is 2.60 bits per heavy atom. The zero-order chi connectivity index (χ0) is 14.7. The van der Waals surface area contributed by atoms with Crippen LogP contribution in [0.5, 0.6) is 0 Å². The molecule has 0 radical (unpaired) electrons. The maximum Gasteiger partial charge on any atom is 0.286 e. The van der Waals surface area contributed by atoms with Crippen LogP contribution in [0.1, 0.15) is 24.8 Å². The highest BCUT2D eigenvalue weighted by atomic mass is 16.6. The molecule has 20 heavy (non-hydrogen) atoms. The number of carbonyl (C=O) groups is 1. The SMILES string of the molecule is Cc1cc([N+](=O)[O-])cn(CC(=O)N2CCCCC2)c1=O. The minimum Gasteiger partial charge on any atom is -0.341 e. The number of nitro groups is 1. The van der Waals surface area contributed by atoms with Crippen LogP contribution < -0.4 is 5.56 Å². The molecule has 0 aromatic carbocycles. The molecule has 0 bridgehead atoms. The number of nitrogens with zero attached hydrogens (tertiary/aromatic N) is 3. The van der Waals surface area contributed by atoms with Gasteiger partial charge >= 0.3 is 0 Å². The van der Waals surface area contributed by atoms with E-state index < -0.39 is 4.92 Å². The summed E-state index contributed by atoms with van der Waals surface area (Å²) in [5.41, 5.74) is -0.264. The van der Waals surface area contributed by atoms with Crippen molar-refractivity contribution in [3.05, 3.63) is 38.3 Å². The summed E-state index contributed by atoms with van der Waals surface area (Å²) in [6, 6.07) is 1.23. The summed E-state index contributed by atoms with van der Waals surface area (Å²) in [5, 5.41) is 10.8. The molecular formula is C13H17N3O4. The molecule has 1 aliphatic rings. The molecule has 0 spiro atoms. The third kappa shape index (κ3) is 3.04. The molecule has 2 heterocycles. The molecular weight excluding hydrogens is 262 g/mol. The molecule has 0 unspecified atom stereocenters. The Balaban J connectivity index is 2.21. The van der Waals surface area contributed by atoms with Gasteiger partial charge in [-0.3, -0.25) is 24.3 Å². The maximum atomic E-state index is 12.1. The van der Waals surface area contributed by atoms with E-state index in [-0.39, 0.29) is 29.3 Å². The van der Waals surface area contributed by atoms with Crippen LogP contribution in [-0.4, -0.2) is 33.4 Å². The standard InChI is InChI=1S/C13H17N3O4/c1-10-7-11(16(19)20)8-15(13(10)18)9-12(17)14-5-3-2-4-6-14/h7-8H,2-6,9H2,1H3. The van der Waals surface area contributed by atoms with Gasteiger partial charge in [0.05, 0.1) is 11.1 Å². The van der Waals surface area contributed by atoms with Crippen molar-refractivity contribution in [2.24, 2.45) is 0 Å². The van der Waals surface area contributed by atoms with E-state index in [1.54, 1.807) is 4.90 Å². The Hall–Kier alpha value is -2.18. The smallest absolute Gasteiger partial charge is 0.286 e. The summed E-state index contributed by atoms with van der Waals surface area (Å²) < 4.78 is 1.13. The third-order valence-corrected chi connectivity index (χ3v) is 3.48. The minimum absolute atomic E-state index is 0.138. The van der Waals surface area contributed by atoms with Gasteiger partial charge in [-0.2, -0.15) is 0 Å². The first-order chi connectivity index (χ1) is 9.49. The molecule has 7 nitrogen and oxygen atoms in total. The zero-order valence-corrected chi connectivity index (χ0v) is 11.4. The Labute approximate surface area is 116 Å². The maximum absolute atomic E-state index is 12.1. The summed E-state index contributed by atoms with van der Waals surface area (Å²) in [6.45, 7) is 2.77. The fourth-order valence-electron chi connectivity index (χ4n) is 2.37. The molecule has 7 heteroatoms. The molecule has 1 amide bonds. The van der Waals surface area contributed by atoms with Gasteiger partial charge in [0, 0.05) is 24.7 Å². The summed E-state index contributed by atoms with van der Waals surface area (Å²) in [5.74, 6) is -0.160. The number of pyridine rings is 1. The first kappa shape index (κ1) is 14.2. The van der Waals surface area contributed by atoms with Crippen molar-refractivity contribution < 1.29 is 9.72 Å². The lowest BCUT2D eigenvalue weighted by molar-refractivity contribution is -0.385. The number of aryl methyl sites for hydroxylation is 1. The van der Waals surface area contributed by atoms with Gasteiger partial charge in [0.15, 0.2) is 0 Å². The van der Waals surface area contributed by atoms with E-state index in [9.17, 15) is 19.7 Å². The van der Waals surface area contributed by atoms with Crippen molar-refractivity contribution in [2.75, 3.05) is 13.1 Å². The molecule has 2 rings (SSSR count). The van der Waals surface area contributed by atoms with Gasteiger partial charge in [-0.05, 0) is 26.2 Å². The lowest BCUT2D eigenvalue weighted by atomic mass is 10.1. The number of carbonyl (C=O) groups excluding carboxylic acids is 1. The number of piperidine rings is 1. The van der Waals surface area contributed by atoms with E-state index in [1.165, 1.54) is 13.0 Å². The van der Waals surface area contributed by atoms with Gasteiger partial charge < -0.3 is 4.90 Å². The van der Waals surface area contributed by atoms with Gasteiger partial charge in [0.25, 0.3) is 11.2 Å². The average molecular weight is 279 g/mol. The van der Waals surface area contributed by atoms with Crippen LogP contribution in [0.25, 0.3) is 0 Å². The number of amides is 1. The van der Waals surface area contributed by atoms with Crippen LogP contribution in [0.4, 0.5) is 5.69 Å². The van der Waals surface area contributed by atoms with Crippen LogP contribution in [0.3, 0.4) is 0 Å². The Kier molecular flexibility index (Phi) is 4.16. The topological polar surface area (TPSA) is 85.4 Å². The molecule has 1 aromatic rings. The van der Waals surface area contributed by atoms with Crippen LogP contribution in [0.2, 0.25) is 0 Å². The first-order valence-electron chi connectivity index (χ1n) is 6.62. The van der Waals surface area contributed by atoms with E-state index in [0.29, 0.717) is 13.1 Å². The van der Waals surface area contributed by atoms with Crippen molar-refractivity contribution in [2.45, 2.75) is 32.7 Å². The first-order valence-corrected chi connectivity index (χ1v) is 6.62. The van der Waals surface area contributed by atoms with Gasteiger partial charge in [-0.25, -0.2) is 0 Å². The zero-order valence-electron chi connectivity index (χ0n) is 11.4. The van der Waals surface area contributed by atoms with E-state index in [0.717, 1.165) is 30.0 Å². The normalized spacial score (nSPS) is 15.2. The van der Waals surface area contributed by atoms with Gasteiger partial charge in [-0.15, -0.1) is 0 Å². The summed E-state index contributed by atoms with van der Waals surface area (Å²) in [6.07, 6.45) is 4.18. The molecule has 1 aliphatic heterocycles. The average Bonchev–Trinajstić information content (AvgIpc) is 2.44. The van der Waals surface area contributed by atoms with Crippen LogP contribution >= 0.6 is 0 Å². The van der Waals surface area contributed by atoms with Crippen LogP contribution in [0, 0.1) is 17.0 Å². The van der Waals surface area contributed by atoms with Crippen LogP contribution in [-0.2, 0) is 11.3 Å². The second-order valence-corrected chi connectivity index (χ2v) is 5.01. The quantitative estimate of drug-likeness (QED) is 0.612. The fraction of sp³-hybridized carbons (Fsp3) is 0.538. The number of hydrogen-bond acceptors (Lipinski definition) is 4. The monoisotopic (exact) mass is 279 g/mol. The number of likely N-dealkylation sites (tertiary alicyclic amines) is 1. The lowest BCUT2D eigenvalue weighted by Crippen LogP contribution is -2.39. The van der Waals surface area contributed by atoms with E-state index in [4.69, 9.17) is 0 Å². The van der Waals surface area contributed by atoms with E-state index >= 15 is 0 Å². The van der Waals surface area contributed by atoms with Crippen molar-refractivity contribution in [3.63, 3.8) is 0 Å². The molecule has 108 valence electrons. The Bertz CT molecular complexity index is 588. The summed E-state index contributed by atoms with van der Waals surface area (Å²) in [7, 11) is 0. The van der Waals surface area contributed by atoms with E-state index in [2.05, 4.69) is 0 Å². The second-order valence-electron chi connectivity index (χ2n) is 5.01. The number of rotatable bonds is 3. The van der Waals surface area contributed by atoms with E-state index in [1.807, 2.05) is 0 Å². The highest BCUT2D eigenvalue weighted by Gasteiger charge is 2.19. The molecule has 1 fully saturated rings. The largest absolute Gasteiger partial charge is 0.341 e. The molecule has 0 saturated carbocycles. The predicted molar refractivity (Wildman–Crippen MR) is 72.5 cm³/mol. The molecule has 0 aliphatic carbocycles. The van der Waals surface area contributed by atoms with Gasteiger partial charge in [0.2, 0.25) is 5.91 Å². The molecule has 1 aromatic heterocycles. The van der Waals surface area contributed by atoms with Crippen molar-refractivity contribution in [1.82, 2.24) is 9.47 Å². The summed E-state index contributed by atoms with van der Waals surface area (Å²) >= 11 is 0. The third-order valence-electron chi connectivity index (χ3n) is 3.48. The van der Waals surface area contributed by atoms with Crippen molar-refractivity contribution in [3.8, 4) is 0 Å². The van der Waals surface area contributed by atoms with Crippen LogP contribution in [0.15, 0.2) is 17.1 Å². The molecule has 0 atom stereocenters. The summed E-state index contributed by atoms with van der Waals surface area (Å²) in [4.78, 5) is 36.0. The van der Waals surface area contributed by atoms with Gasteiger partial charge in [0.1, 0.15) is 6.54 Å². The number of aromatic nitrogens is 1. The Morgan fingerprint density at radius 1 is 1.35 bits per heavy atom. The highest BCUT2D eigenvalue weighted by molar-refractivity contribution is 5.76. The fourth-order valence-corrected chi connectivity index (χ4v) is 2.37. The Morgan fingerprint density at radius 2 is 2.00 bits per heavy atom. The van der Waals surface area contributed by atoms with Gasteiger partial charge in [-0.1, -0.05) is 0 Å². The second kappa shape index (κ2) is 5.85. The molecule has 0 N–H and O–H groups in total.